The van der Waals surface area contributed by atoms with Gasteiger partial charge in [-0.15, -0.1) is 0 Å². The fraction of sp³-hybridized carbons (Fsp3) is 0. The van der Waals surface area contributed by atoms with Crippen molar-refractivity contribution in [3.63, 3.8) is 0 Å². The smallest absolute Gasteiger partial charge is 0.143 e. The SMILES string of the molecule is c1cc(-c2c3ccccc3c(-c3cccc4ccccc34)c3ccccc23)cc(-c2cc3ccccc3c3c2oc2cc4ccccc4cc23)c1. The van der Waals surface area contributed by atoms with E-state index in [0.29, 0.717) is 0 Å². The number of rotatable bonds is 3. The van der Waals surface area contributed by atoms with Crippen LogP contribution < -0.4 is 0 Å². The zero-order chi connectivity index (χ0) is 33.5. The summed E-state index contributed by atoms with van der Waals surface area (Å²) in [5.41, 5.74) is 9.06. The molecule has 51 heavy (non-hydrogen) atoms. The van der Waals surface area contributed by atoms with Crippen LogP contribution in [0.5, 0.6) is 0 Å². The van der Waals surface area contributed by atoms with Gasteiger partial charge >= 0.3 is 0 Å². The molecule has 0 bridgehead atoms. The van der Waals surface area contributed by atoms with Gasteiger partial charge in [-0.1, -0.05) is 158 Å². The van der Waals surface area contributed by atoms with E-state index in [2.05, 4.69) is 182 Å². The Morgan fingerprint density at radius 3 is 1.55 bits per heavy atom. The van der Waals surface area contributed by atoms with Gasteiger partial charge in [0.25, 0.3) is 0 Å². The highest BCUT2D eigenvalue weighted by molar-refractivity contribution is 6.25. The summed E-state index contributed by atoms with van der Waals surface area (Å²) in [4.78, 5) is 0. The summed E-state index contributed by atoms with van der Waals surface area (Å²) in [6, 6.07) is 66.3. The molecule has 0 aliphatic rings. The molecule has 0 unspecified atom stereocenters. The van der Waals surface area contributed by atoms with Crippen LogP contribution in [-0.4, -0.2) is 0 Å². The average molecular weight is 647 g/mol. The van der Waals surface area contributed by atoms with E-state index < -0.39 is 0 Å². The van der Waals surface area contributed by atoms with Crippen LogP contribution in [-0.2, 0) is 0 Å². The summed E-state index contributed by atoms with van der Waals surface area (Å²) in [7, 11) is 0. The predicted molar refractivity (Wildman–Crippen MR) is 218 cm³/mol. The normalized spacial score (nSPS) is 11.9. The molecule has 0 radical (unpaired) electrons. The molecule has 11 aromatic rings. The van der Waals surface area contributed by atoms with E-state index in [0.717, 1.165) is 27.7 Å². The van der Waals surface area contributed by atoms with Gasteiger partial charge in [0.1, 0.15) is 11.2 Å². The highest BCUT2D eigenvalue weighted by Crippen LogP contribution is 2.47. The van der Waals surface area contributed by atoms with E-state index in [9.17, 15) is 0 Å². The summed E-state index contributed by atoms with van der Waals surface area (Å²) >= 11 is 0. The van der Waals surface area contributed by atoms with Gasteiger partial charge in [-0.05, 0) is 106 Å². The van der Waals surface area contributed by atoms with E-state index in [1.165, 1.54) is 81.5 Å². The monoisotopic (exact) mass is 646 g/mol. The molecule has 0 aliphatic heterocycles. The third-order valence-electron chi connectivity index (χ3n) is 10.8. The third-order valence-corrected chi connectivity index (χ3v) is 10.8. The van der Waals surface area contributed by atoms with E-state index in [1.54, 1.807) is 0 Å². The summed E-state index contributed by atoms with van der Waals surface area (Å²) in [5.74, 6) is 0. The van der Waals surface area contributed by atoms with Gasteiger partial charge in [-0.25, -0.2) is 0 Å². The van der Waals surface area contributed by atoms with E-state index in [1.807, 2.05) is 0 Å². The van der Waals surface area contributed by atoms with Gasteiger partial charge in [-0.3, -0.25) is 0 Å². The lowest BCUT2D eigenvalue weighted by molar-refractivity contribution is 0.671. The molecule has 1 heteroatoms. The van der Waals surface area contributed by atoms with Gasteiger partial charge in [0.15, 0.2) is 0 Å². The maximum absolute atomic E-state index is 6.84. The van der Waals surface area contributed by atoms with Crippen LogP contribution in [0.4, 0.5) is 0 Å². The largest absolute Gasteiger partial charge is 0.455 e. The molecule has 0 fully saturated rings. The molecule has 0 atom stereocenters. The van der Waals surface area contributed by atoms with Crippen molar-refractivity contribution in [2.75, 3.05) is 0 Å². The zero-order valence-corrected chi connectivity index (χ0v) is 27.7. The van der Waals surface area contributed by atoms with Crippen LogP contribution in [0.1, 0.15) is 0 Å². The number of hydrogen-bond acceptors (Lipinski definition) is 1. The van der Waals surface area contributed by atoms with Crippen LogP contribution in [0.3, 0.4) is 0 Å². The van der Waals surface area contributed by atoms with E-state index >= 15 is 0 Å². The second-order valence-electron chi connectivity index (χ2n) is 13.6. The second-order valence-corrected chi connectivity index (χ2v) is 13.6. The molecule has 0 saturated heterocycles. The average Bonchev–Trinajstić information content (AvgIpc) is 3.57. The number of hydrogen-bond donors (Lipinski definition) is 0. The van der Waals surface area contributed by atoms with Crippen LogP contribution in [0, 0.1) is 0 Å². The van der Waals surface area contributed by atoms with Gasteiger partial charge < -0.3 is 4.42 Å². The Hall–Kier alpha value is -6.70. The molecule has 1 nitrogen and oxygen atoms in total. The molecular formula is C50H30O. The molecular weight excluding hydrogens is 617 g/mol. The van der Waals surface area contributed by atoms with Gasteiger partial charge in [0, 0.05) is 16.3 Å². The first kappa shape index (κ1) is 28.2. The summed E-state index contributed by atoms with van der Waals surface area (Å²) in [6.07, 6.45) is 0. The van der Waals surface area contributed by atoms with Crippen molar-refractivity contribution < 1.29 is 4.42 Å². The highest BCUT2D eigenvalue weighted by atomic mass is 16.3. The Kier molecular flexibility index (Phi) is 6.02. The van der Waals surface area contributed by atoms with Crippen molar-refractivity contribution in [3.05, 3.63) is 182 Å². The fourth-order valence-electron chi connectivity index (χ4n) is 8.54. The fourth-order valence-corrected chi connectivity index (χ4v) is 8.54. The standard InChI is InChI=1S/C50H30O/c1-2-15-33-30-46-45(28-32(33)14-1)49-38-21-6-4-16-35(38)29-44(50(49)51-46)34-18-11-19-36(27-34)47-40-22-7-9-24-42(40)48(43-25-10-8-23-41(43)47)39-26-12-17-31-13-3-5-20-37(31)39/h1-30H. The van der Waals surface area contributed by atoms with Crippen molar-refractivity contribution in [2.24, 2.45) is 0 Å². The maximum Gasteiger partial charge on any atom is 0.143 e. The molecule has 11 rings (SSSR count). The summed E-state index contributed by atoms with van der Waals surface area (Å²) in [5, 5.41) is 14.7. The Balaban J connectivity index is 1.20. The third kappa shape index (κ3) is 4.22. The van der Waals surface area contributed by atoms with Gasteiger partial charge in [0.2, 0.25) is 0 Å². The van der Waals surface area contributed by atoms with Crippen molar-refractivity contribution in [1.82, 2.24) is 0 Å². The summed E-state index contributed by atoms with van der Waals surface area (Å²) in [6.45, 7) is 0. The van der Waals surface area contributed by atoms with Crippen LogP contribution in [0.25, 0.3) is 109 Å². The topological polar surface area (TPSA) is 13.1 Å². The van der Waals surface area contributed by atoms with Crippen molar-refractivity contribution >= 4 is 75.8 Å². The number of fused-ring (bicyclic) bond motifs is 9. The first-order chi connectivity index (χ1) is 25.3. The van der Waals surface area contributed by atoms with Crippen molar-refractivity contribution in [3.8, 4) is 33.4 Å². The Morgan fingerprint density at radius 2 is 0.824 bits per heavy atom. The molecule has 236 valence electrons. The molecule has 0 N–H and O–H groups in total. The van der Waals surface area contributed by atoms with Crippen LogP contribution >= 0.6 is 0 Å². The molecule has 10 aromatic carbocycles. The Bertz CT molecular complexity index is 3130. The molecule has 0 spiro atoms. The van der Waals surface area contributed by atoms with E-state index in [4.69, 9.17) is 4.42 Å². The molecule has 0 amide bonds. The zero-order valence-electron chi connectivity index (χ0n) is 27.7. The Labute approximate surface area is 294 Å². The lowest BCUT2D eigenvalue weighted by Gasteiger charge is -2.19. The predicted octanol–water partition coefficient (Wildman–Crippen LogP) is 14.4. The number of furan rings is 1. The minimum Gasteiger partial charge on any atom is -0.455 e. The van der Waals surface area contributed by atoms with Crippen molar-refractivity contribution in [2.45, 2.75) is 0 Å². The Morgan fingerprint density at radius 1 is 0.294 bits per heavy atom. The molecule has 0 saturated carbocycles. The van der Waals surface area contributed by atoms with Crippen LogP contribution in [0.15, 0.2) is 186 Å². The lowest BCUT2D eigenvalue weighted by Crippen LogP contribution is -1.92. The van der Waals surface area contributed by atoms with Crippen LogP contribution in [0.2, 0.25) is 0 Å². The van der Waals surface area contributed by atoms with Crippen molar-refractivity contribution in [1.29, 1.82) is 0 Å². The minimum atomic E-state index is 0.915. The highest BCUT2D eigenvalue weighted by Gasteiger charge is 2.20. The first-order valence-corrected chi connectivity index (χ1v) is 17.6. The number of benzene rings is 10. The first-order valence-electron chi connectivity index (χ1n) is 17.6. The van der Waals surface area contributed by atoms with E-state index in [-0.39, 0.29) is 0 Å². The molecule has 1 heterocycles. The van der Waals surface area contributed by atoms with Gasteiger partial charge in [-0.2, -0.15) is 0 Å². The van der Waals surface area contributed by atoms with Gasteiger partial charge in [0.05, 0.1) is 0 Å². The minimum absolute atomic E-state index is 0.915. The summed E-state index contributed by atoms with van der Waals surface area (Å²) < 4.78 is 6.84. The molecule has 1 aromatic heterocycles. The lowest BCUT2D eigenvalue weighted by atomic mass is 9.84. The maximum atomic E-state index is 6.84. The second kappa shape index (κ2) is 10.9. The molecule has 0 aliphatic carbocycles. The quantitative estimate of drug-likeness (QED) is 0.174.